The van der Waals surface area contributed by atoms with Gasteiger partial charge in [-0.05, 0) is 66.1 Å². The van der Waals surface area contributed by atoms with Crippen LogP contribution in [0.25, 0.3) is 0 Å². The molecule has 1 N–H and O–H groups in total. The van der Waals surface area contributed by atoms with Crippen LogP contribution in [0.1, 0.15) is 73.1 Å². The van der Waals surface area contributed by atoms with Crippen molar-refractivity contribution >= 4 is 5.97 Å². The van der Waals surface area contributed by atoms with Gasteiger partial charge in [0.15, 0.2) is 0 Å². The van der Waals surface area contributed by atoms with E-state index in [0.29, 0.717) is 34.2 Å². The van der Waals surface area contributed by atoms with Crippen LogP contribution < -0.4 is 0 Å². The minimum atomic E-state index is -1.12. The molecule has 1 heterocycles. The zero-order valence-electron chi connectivity index (χ0n) is 18.1. The molecule has 4 rings (SSSR count). The number of carbonyl (C=O) groups excluding carboxylic acids is 1. The number of rotatable bonds is 2. The fourth-order valence-corrected chi connectivity index (χ4v) is 6.98. The maximum atomic E-state index is 11.5. The van der Waals surface area contributed by atoms with E-state index >= 15 is 0 Å². The van der Waals surface area contributed by atoms with E-state index in [2.05, 4.69) is 46.8 Å². The van der Waals surface area contributed by atoms with E-state index in [-0.39, 0.29) is 5.41 Å². The average Bonchev–Trinajstić information content (AvgIpc) is 2.95. The second-order valence-corrected chi connectivity index (χ2v) is 10.9. The van der Waals surface area contributed by atoms with Crippen molar-refractivity contribution in [3.63, 3.8) is 0 Å². The molecular formula is C25H36O3. The molecule has 0 aromatic carbocycles. The zero-order valence-corrected chi connectivity index (χ0v) is 18.1. The molecule has 2 saturated carbocycles. The minimum Gasteiger partial charge on any atom is -0.428 e. The molecule has 0 bridgehead atoms. The lowest BCUT2D eigenvalue weighted by molar-refractivity contribution is -0.150. The number of esters is 1. The number of aliphatic hydroxyl groups excluding tert-OH is 1. The van der Waals surface area contributed by atoms with Crippen molar-refractivity contribution in [3.05, 3.63) is 35.5 Å². The van der Waals surface area contributed by atoms with E-state index in [0.717, 1.165) is 6.42 Å². The van der Waals surface area contributed by atoms with E-state index in [1.165, 1.54) is 38.2 Å². The fourth-order valence-electron chi connectivity index (χ4n) is 6.98. The summed E-state index contributed by atoms with van der Waals surface area (Å²) in [5, 5.41) is 9.96. The molecule has 4 aliphatic rings. The van der Waals surface area contributed by atoms with Gasteiger partial charge in [0.2, 0.25) is 6.29 Å². The number of hydrogen-bond acceptors (Lipinski definition) is 3. The largest absolute Gasteiger partial charge is 0.428 e. The maximum Gasteiger partial charge on any atom is 0.333 e. The third-order valence-corrected chi connectivity index (χ3v) is 8.98. The first-order valence-electron chi connectivity index (χ1n) is 11.1. The Morgan fingerprint density at radius 1 is 1.18 bits per heavy atom. The topological polar surface area (TPSA) is 46.5 Å². The van der Waals surface area contributed by atoms with Gasteiger partial charge in [0.25, 0.3) is 0 Å². The highest BCUT2D eigenvalue weighted by atomic mass is 16.6. The molecule has 2 fully saturated rings. The van der Waals surface area contributed by atoms with Gasteiger partial charge in [-0.2, -0.15) is 0 Å². The molecule has 0 spiro atoms. The van der Waals surface area contributed by atoms with E-state index in [4.69, 9.17) is 4.74 Å². The molecule has 3 nitrogen and oxygen atoms in total. The first-order valence-corrected chi connectivity index (χ1v) is 11.1. The quantitative estimate of drug-likeness (QED) is 0.501. The van der Waals surface area contributed by atoms with Gasteiger partial charge >= 0.3 is 5.97 Å². The lowest BCUT2D eigenvalue weighted by Crippen LogP contribution is -2.54. The third kappa shape index (κ3) is 2.93. The third-order valence-electron chi connectivity index (χ3n) is 8.98. The van der Waals surface area contributed by atoms with Gasteiger partial charge in [0, 0.05) is 11.6 Å². The van der Waals surface area contributed by atoms with Crippen molar-refractivity contribution in [1.82, 2.24) is 0 Å². The average molecular weight is 385 g/mol. The molecule has 0 aromatic rings. The number of carbonyl (C=O) groups is 1. The van der Waals surface area contributed by atoms with Crippen molar-refractivity contribution in [3.8, 4) is 0 Å². The van der Waals surface area contributed by atoms with Gasteiger partial charge in [-0.1, -0.05) is 64.8 Å². The predicted molar refractivity (Wildman–Crippen MR) is 111 cm³/mol. The second-order valence-electron chi connectivity index (χ2n) is 10.9. The lowest BCUT2D eigenvalue weighted by atomic mass is 9.43. The van der Waals surface area contributed by atoms with Crippen LogP contribution in [0.15, 0.2) is 35.5 Å². The molecule has 154 valence electrons. The van der Waals surface area contributed by atoms with E-state index in [1.54, 1.807) is 5.57 Å². The van der Waals surface area contributed by atoms with Crippen LogP contribution in [0, 0.1) is 34.0 Å². The Morgan fingerprint density at radius 3 is 2.61 bits per heavy atom. The molecule has 0 unspecified atom stereocenters. The molecule has 1 aliphatic heterocycles. The number of allylic oxidation sites excluding steroid dienone is 3. The van der Waals surface area contributed by atoms with Crippen molar-refractivity contribution in [2.45, 2.75) is 79.4 Å². The van der Waals surface area contributed by atoms with Gasteiger partial charge in [-0.3, -0.25) is 0 Å². The highest BCUT2D eigenvalue weighted by molar-refractivity contribution is 5.86. The number of aliphatic hydroxyl groups is 1. The number of fused-ring (bicyclic) bond motifs is 3. The van der Waals surface area contributed by atoms with Crippen molar-refractivity contribution in [1.29, 1.82) is 0 Å². The van der Waals surface area contributed by atoms with E-state index in [1.807, 2.05) is 6.08 Å². The summed E-state index contributed by atoms with van der Waals surface area (Å²) in [6, 6.07) is 0. The fraction of sp³-hybridized carbons (Fsp3) is 0.720. The molecular weight excluding hydrogens is 348 g/mol. The maximum absolute atomic E-state index is 11.5. The Bertz CT molecular complexity index is 758. The SMILES string of the molecule is C[C@H]1CC[C@@]2(C)[C@@H]3CCCC(C)(C)C3=CC[C@H]2[C@@]1(C)/C=C/C1=CC(=O)O[C@@H]1O. The summed E-state index contributed by atoms with van der Waals surface area (Å²) in [6.45, 7) is 12.2. The Balaban J connectivity index is 1.70. The summed E-state index contributed by atoms with van der Waals surface area (Å²) < 4.78 is 4.86. The van der Waals surface area contributed by atoms with Crippen LogP contribution in [0.4, 0.5) is 0 Å². The monoisotopic (exact) mass is 384 g/mol. The minimum absolute atomic E-state index is 0.0445. The molecule has 0 radical (unpaired) electrons. The first-order chi connectivity index (χ1) is 13.1. The highest BCUT2D eigenvalue weighted by Gasteiger charge is 2.57. The van der Waals surface area contributed by atoms with E-state index < -0.39 is 12.3 Å². The van der Waals surface area contributed by atoms with Crippen LogP contribution in [-0.2, 0) is 9.53 Å². The van der Waals surface area contributed by atoms with Crippen LogP contribution in [0.5, 0.6) is 0 Å². The van der Waals surface area contributed by atoms with Crippen LogP contribution >= 0.6 is 0 Å². The molecule has 3 heteroatoms. The van der Waals surface area contributed by atoms with E-state index in [9.17, 15) is 9.90 Å². The highest BCUT2D eigenvalue weighted by Crippen LogP contribution is 2.66. The summed E-state index contributed by atoms with van der Waals surface area (Å²) in [6.07, 6.45) is 14.7. The number of ether oxygens (including phenoxy) is 1. The van der Waals surface area contributed by atoms with Gasteiger partial charge in [0.1, 0.15) is 0 Å². The summed E-state index contributed by atoms with van der Waals surface area (Å²) in [7, 11) is 0. The normalized spacial score (nSPS) is 45.1. The second kappa shape index (κ2) is 6.58. The summed E-state index contributed by atoms with van der Waals surface area (Å²) >= 11 is 0. The van der Waals surface area contributed by atoms with Crippen molar-refractivity contribution in [2.75, 3.05) is 0 Å². The molecule has 3 aliphatic carbocycles. The van der Waals surface area contributed by atoms with Gasteiger partial charge in [0.05, 0.1) is 0 Å². The summed E-state index contributed by atoms with van der Waals surface area (Å²) in [4.78, 5) is 11.5. The number of hydrogen-bond donors (Lipinski definition) is 1. The molecule has 0 saturated heterocycles. The molecule has 28 heavy (non-hydrogen) atoms. The van der Waals surface area contributed by atoms with Gasteiger partial charge < -0.3 is 9.84 Å². The lowest BCUT2D eigenvalue weighted by Gasteiger charge is -2.62. The summed E-state index contributed by atoms with van der Waals surface area (Å²) in [5.74, 6) is 1.40. The van der Waals surface area contributed by atoms with Crippen LogP contribution in [-0.4, -0.2) is 17.4 Å². The Morgan fingerprint density at radius 2 is 1.93 bits per heavy atom. The Labute approximate surface area is 169 Å². The molecule has 0 amide bonds. The molecule has 0 aromatic heterocycles. The predicted octanol–water partition coefficient (Wildman–Crippen LogP) is 5.56. The van der Waals surface area contributed by atoms with Crippen LogP contribution in [0.3, 0.4) is 0 Å². The van der Waals surface area contributed by atoms with Crippen molar-refractivity contribution in [2.24, 2.45) is 34.0 Å². The van der Waals surface area contributed by atoms with Gasteiger partial charge in [-0.25, -0.2) is 4.79 Å². The van der Waals surface area contributed by atoms with Crippen LogP contribution in [0.2, 0.25) is 0 Å². The standard InChI is InChI=1S/C25H36O3/c1-16-10-13-25(5)19-7-6-12-23(2,3)18(19)8-9-20(25)24(16,4)14-11-17-15-21(26)28-22(17)27/h8,11,14-16,19-20,22,27H,6-7,9-10,12-13H2,1-5H3/b14-11+/t16-,19+,20-,22-,24-,25-/m0/s1. The first kappa shape index (κ1) is 19.9. The zero-order chi connectivity index (χ0) is 20.3. The smallest absolute Gasteiger partial charge is 0.333 e. The molecule has 6 atom stereocenters. The van der Waals surface area contributed by atoms with Crippen molar-refractivity contribution < 1.29 is 14.6 Å². The van der Waals surface area contributed by atoms with Gasteiger partial charge in [-0.15, -0.1) is 0 Å². The summed E-state index contributed by atoms with van der Waals surface area (Å²) in [5.41, 5.74) is 3.00. The number of cyclic esters (lactones) is 1. The Kier molecular flexibility index (Phi) is 4.69. The Hall–Kier alpha value is -1.35.